The lowest BCUT2D eigenvalue weighted by atomic mass is 10.1. The van der Waals surface area contributed by atoms with Gasteiger partial charge in [-0.2, -0.15) is 5.10 Å². The van der Waals surface area contributed by atoms with E-state index in [2.05, 4.69) is 37.8 Å². The fraction of sp³-hybridized carbons (Fsp3) is 0.333. The van der Waals surface area contributed by atoms with Gasteiger partial charge in [0.2, 0.25) is 0 Å². The Balaban J connectivity index is 1.47. The maximum atomic E-state index is 12.3. The van der Waals surface area contributed by atoms with Crippen molar-refractivity contribution in [3.05, 3.63) is 47.5 Å². The van der Waals surface area contributed by atoms with E-state index >= 15 is 0 Å². The predicted octanol–water partition coefficient (Wildman–Crippen LogP) is 2.83. The lowest BCUT2D eigenvalue weighted by molar-refractivity contribution is 0.101. The highest BCUT2D eigenvalue weighted by atomic mass is 16.1. The van der Waals surface area contributed by atoms with Gasteiger partial charge in [-0.05, 0) is 56.9 Å². The zero-order chi connectivity index (χ0) is 21.8. The van der Waals surface area contributed by atoms with Crippen LogP contribution < -0.4 is 11.1 Å². The number of nitrogens with zero attached hydrogens (tertiary/aromatic N) is 5. The topological polar surface area (TPSA) is 104 Å². The molecular formula is C24H23N7O. The number of hydrogen-bond donors (Lipinski definition) is 2. The van der Waals surface area contributed by atoms with Gasteiger partial charge in [-0.3, -0.25) is 9.48 Å². The Morgan fingerprint density at radius 3 is 2.81 bits per heavy atom. The Morgan fingerprint density at radius 1 is 1.19 bits per heavy atom. The molecule has 32 heavy (non-hydrogen) atoms. The number of benzene rings is 1. The van der Waals surface area contributed by atoms with Gasteiger partial charge in [0.05, 0.1) is 39.9 Å². The van der Waals surface area contributed by atoms with Gasteiger partial charge in [-0.15, -0.1) is 0 Å². The fourth-order valence-corrected chi connectivity index (χ4v) is 4.54. The van der Waals surface area contributed by atoms with Crippen molar-refractivity contribution in [1.29, 1.82) is 0 Å². The number of nitrogens with one attached hydrogen (secondary N) is 1. The molecule has 0 bridgehead atoms. The highest BCUT2D eigenvalue weighted by Crippen LogP contribution is 2.37. The molecule has 4 heterocycles. The average Bonchev–Trinajstić information content (AvgIpc) is 3.18. The van der Waals surface area contributed by atoms with Crippen LogP contribution in [0.15, 0.2) is 30.7 Å². The minimum atomic E-state index is -0.0641. The Hall–Kier alpha value is -3.70. The van der Waals surface area contributed by atoms with E-state index in [1.165, 1.54) is 19.8 Å². The number of hydrogen-bond acceptors (Lipinski definition) is 6. The van der Waals surface area contributed by atoms with Gasteiger partial charge in [-0.1, -0.05) is 5.92 Å². The largest absolute Gasteiger partial charge is 0.383 e. The smallest absolute Gasteiger partial charge is 0.163 e. The summed E-state index contributed by atoms with van der Waals surface area (Å²) in [5.74, 6) is 6.69. The van der Waals surface area contributed by atoms with Crippen LogP contribution in [-0.4, -0.2) is 43.2 Å². The van der Waals surface area contributed by atoms with Crippen LogP contribution in [0.4, 0.5) is 5.82 Å². The van der Waals surface area contributed by atoms with Crippen LogP contribution in [0.1, 0.15) is 59.9 Å². The van der Waals surface area contributed by atoms with Gasteiger partial charge in [0.25, 0.3) is 0 Å². The van der Waals surface area contributed by atoms with E-state index in [0.29, 0.717) is 28.5 Å². The second-order valence-corrected chi connectivity index (χ2v) is 8.61. The first-order valence-corrected chi connectivity index (χ1v) is 11.0. The first-order valence-electron chi connectivity index (χ1n) is 11.0. The zero-order valence-corrected chi connectivity index (χ0v) is 17.8. The molecule has 0 unspecified atom stereocenters. The third kappa shape index (κ3) is 3.05. The molecule has 1 saturated heterocycles. The van der Waals surface area contributed by atoms with E-state index in [9.17, 15) is 4.79 Å². The number of ketones is 1. The van der Waals surface area contributed by atoms with Gasteiger partial charge in [0.1, 0.15) is 11.5 Å². The number of nitrogen functional groups attached to an aromatic ring is 1. The van der Waals surface area contributed by atoms with Crippen molar-refractivity contribution in [2.45, 2.75) is 38.3 Å². The second-order valence-electron chi connectivity index (χ2n) is 8.61. The van der Waals surface area contributed by atoms with Gasteiger partial charge in [0.15, 0.2) is 5.78 Å². The number of carbonyl (C=O) groups is 1. The number of carbonyl (C=O) groups excluding carboxylic acids is 1. The summed E-state index contributed by atoms with van der Waals surface area (Å²) in [6, 6.07) is 6.83. The number of nitrogens with two attached hydrogens (primary N) is 1. The highest BCUT2D eigenvalue weighted by molar-refractivity contribution is 6.09. The molecule has 2 aliphatic rings. The molecule has 8 heteroatoms. The summed E-state index contributed by atoms with van der Waals surface area (Å²) in [7, 11) is 0. The summed E-state index contributed by atoms with van der Waals surface area (Å²) in [6.07, 6.45) is 6.83. The lowest BCUT2D eigenvalue weighted by Gasteiger charge is -2.12. The van der Waals surface area contributed by atoms with Crippen molar-refractivity contribution in [2.75, 3.05) is 18.8 Å². The van der Waals surface area contributed by atoms with Crippen molar-refractivity contribution in [2.24, 2.45) is 0 Å². The second kappa shape index (κ2) is 7.18. The number of aromatic nitrogens is 5. The summed E-state index contributed by atoms with van der Waals surface area (Å²) in [5.41, 5.74) is 11.0. The molecule has 160 valence electrons. The molecule has 3 N–H and O–H groups in total. The monoisotopic (exact) mass is 425 g/mol. The van der Waals surface area contributed by atoms with Crippen LogP contribution in [0.5, 0.6) is 0 Å². The highest BCUT2D eigenvalue weighted by Gasteiger charge is 2.26. The number of imidazole rings is 1. The molecule has 1 saturated carbocycles. The van der Waals surface area contributed by atoms with Crippen molar-refractivity contribution in [3.63, 3.8) is 0 Å². The van der Waals surface area contributed by atoms with E-state index in [4.69, 9.17) is 10.8 Å². The molecule has 3 aromatic heterocycles. The SMILES string of the molecule is CC(=O)c1cnc(N)c2c(C#Cc3ccc4c(c3)ncn4C3CC3)nn([C@H]3CCNC3)c12. The maximum Gasteiger partial charge on any atom is 0.163 e. The molecule has 0 radical (unpaired) electrons. The minimum Gasteiger partial charge on any atom is -0.383 e. The minimum absolute atomic E-state index is 0.0641. The Bertz CT molecular complexity index is 1440. The Morgan fingerprint density at radius 2 is 2.06 bits per heavy atom. The summed E-state index contributed by atoms with van der Waals surface area (Å²) in [5, 5.41) is 8.81. The van der Waals surface area contributed by atoms with E-state index in [-0.39, 0.29) is 11.8 Å². The molecular weight excluding hydrogens is 402 g/mol. The van der Waals surface area contributed by atoms with E-state index < -0.39 is 0 Å². The van der Waals surface area contributed by atoms with E-state index in [1.54, 1.807) is 6.20 Å². The van der Waals surface area contributed by atoms with Crippen molar-refractivity contribution < 1.29 is 4.79 Å². The van der Waals surface area contributed by atoms with E-state index in [1.807, 2.05) is 23.1 Å². The third-order valence-electron chi connectivity index (χ3n) is 6.35. The van der Waals surface area contributed by atoms with Gasteiger partial charge in [-0.25, -0.2) is 9.97 Å². The third-order valence-corrected chi connectivity index (χ3v) is 6.35. The predicted molar refractivity (Wildman–Crippen MR) is 122 cm³/mol. The Kier molecular flexibility index (Phi) is 4.26. The first kappa shape index (κ1) is 19.0. The number of pyridine rings is 1. The van der Waals surface area contributed by atoms with Crippen LogP contribution in [0.2, 0.25) is 0 Å². The fourth-order valence-electron chi connectivity index (χ4n) is 4.54. The lowest BCUT2D eigenvalue weighted by Crippen LogP contribution is -2.15. The summed E-state index contributed by atoms with van der Waals surface area (Å²) in [6.45, 7) is 3.25. The molecule has 6 rings (SSSR count). The molecule has 1 atom stereocenters. The molecule has 4 aromatic rings. The van der Waals surface area contributed by atoms with Crippen LogP contribution in [0, 0.1) is 11.8 Å². The van der Waals surface area contributed by atoms with E-state index in [0.717, 1.165) is 41.6 Å². The maximum absolute atomic E-state index is 12.3. The number of anilines is 1. The Labute approximate surface area is 184 Å². The average molecular weight is 425 g/mol. The standard InChI is InChI=1S/C24H23N7O/c1-14(32)18-12-27-24(25)22-19(29-31(23(18)22)17-8-9-26-11-17)6-2-15-3-7-21-20(10-15)28-13-30(21)16-4-5-16/h3,7,10,12-13,16-17,26H,4-5,8-9,11H2,1H3,(H2,25,27)/t17-/m0/s1. The van der Waals surface area contributed by atoms with Gasteiger partial charge >= 0.3 is 0 Å². The van der Waals surface area contributed by atoms with Crippen molar-refractivity contribution in [1.82, 2.24) is 29.6 Å². The number of fused-ring (bicyclic) bond motifs is 2. The molecule has 1 aromatic carbocycles. The van der Waals surface area contributed by atoms with Crippen molar-refractivity contribution >= 4 is 33.5 Å². The molecule has 0 amide bonds. The van der Waals surface area contributed by atoms with Gasteiger partial charge < -0.3 is 15.6 Å². The summed E-state index contributed by atoms with van der Waals surface area (Å²) < 4.78 is 4.15. The number of rotatable bonds is 3. The molecule has 0 spiro atoms. The first-order chi connectivity index (χ1) is 15.6. The normalized spacial score (nSPS) is 18.2. The molecule has 8 nitrogen and oxygen atoms in total. The van der Waals surface area contributed by atoms with Crippen LogP contribution in [-0.2, 0) is 0 Å². The van der Waals surface area contributed by atoms with Crippen LogP contribution in [0.25, 0.3) is 21.9 Å². The summed E-state index contributed by atoms with van der Waals surface area (Å²) in [4.78, 5) is 21.1. The van der Waals surface area contributed by atoms with Crippen LogP contribution >= 0.6 is 0 Å². The molecule has 1 aliphatic carbocycles. The quantitative estimate of drug-likeness (QED) is 0.386. The van der Waals surface area contributed by atoms with Crippen LogP contribution in [0.3, 0.4) is 0 Å². The number of Topliss-reactive ketones (excluding diaryl/α,β-unsaturated/α-hetero) is 1. The van der Waals surface area contributed by atoms with Crippen molar-refractivity contribution in [3.8, 4) is 11.8 Å². The summed E-state index contributed by atoms with van der Waals surface area (Å²) >= 11 is 0. The van der Waals surface area contributed by atoms with Gasteiger partial charge in [0, 0.05) is 24.3 Å². The molecule has 2 fully saturated rings. The zero-order valence-electron chi connectivity index (χ0n) is 17.8. The molecule has 1 aliphatic heterocycles.